The van der Waals surface area contributed by atoms with Crippen LogP contribution >= 0.6 is 0 Å². The van der Waals surface area contributed by atoms with Gasteiger partial charge in [0.1, 0.15) is 0 Å². The average Bonchev–Trinajstić information content (AvgIpc) is 3.77. The SMILES string of the molecule is [2H]c1cc2c(c([2H])c1[2H])C1(c3c([2H])c([2H])c([2H])c([2H])c3-2)c2c([2H])c([2H])c([2H])c([2H])c2-c2c([2H])c([2H])c(-c3ccccc3-c3ccc4c5ccccc5c5ccccc5c4c3)c([2H])c21. The second kappa shape index (κ2) is 9.89. The minimum atomic E-state index is -2.28. The Balaban J connectivity index is 1.30. The summed E-state index contributed by atoms with van der Waals surface area (Å²) in [5.74, 6) is 0. The first-order chi connectivity index (χ1) is 30.1. The maximum Gasteiger partial charge on any atom is 0.0725 e. The normalized spacial score (nSPS) is 19.4. The zero-order valence-corrected chi connectivity index (χ0v) is 25.7. The van der Waals surface area contributed by atoms with E-state index in [0.29, 0.717) is 11.1 Å². The molecule has 0 radical (unpaired) electrons. The molecule has 0 amide bonds. The summed E-state index contributed by atoms with van der Waals surface area (Å²) < 4.78 is 129. The van der Waals surface area contributed by atoms with Gasteiger partial charge >= 0.3 is 0 Å². The molecule has 0 N–H and O–H groups in total. The van der Waals surface area contributed by atoms with Crippen LogP contribution in [0.2, 0.25) is 0 Å². The molecule has 0 nitrogen and oxygen atoms in total. The van der Waals surface area contributed by atoms with Crippen molar-refractivity contribution in [3.05, 3.63) is 204 Å². The Morgan fingerprint density at radius 2 is 0.816 bits per heavy atom. The molecular formula is C49H30. The van der Waals surface area contributed by atoms with E-state index in [1.165, 1.54) is 6.07 Å². The summed E-state index contributed by atoms with van der Waals surface area (Å²) in [4.78, 5) is 0. The molecule has 0 heteroatoms. The molecule has 1 unspecified atom stereocenters. The largest absolute Gasteiger partial charge is 0.0725 e. The van der Waals surface area contributed by atoms with Crippen molar-refractivity contribution in [3.8, 4) is 44.5 Å². The van der Waals surface area contributed by atoms with Gasteiger partial charge in [-0.05, 0) is 111 Å². The van der Waals surface area contributed by atoms with E-state index in [0.717, 1.165) is 37.9 Å². The first kappa shape index (κ1) is 16.7. The molecule has 0 bridgehead atoms. The van der Waals surface area contributed by atoms with Gasteiger partial charge in [-0.2, -0.15) is 0 Å². The van der Waals surface area contributed by atoms with Crippen molar-refractivity contribution >= 4 is 32.3 Å². The summed E-state index contributed by atoms with van der Waals surface area (Å²) >= 11 is 0. The van der Waals surface area contributed by atoms with Crippen LogP contribution in [0, 0.1) is 0 Å². The van der Waals surface area contributed by atoms with Crippen molar-refractivity contribution in [3.63, 3.8) is 0 Å². The number of hydrogen-bond acceptors (Lipinski definition) is 0. The predicted octanol–water partition coefficient (Wildman–Crippen LogP) is 12.8. The average molecular weight is 633 g/mol. The van der Waals surface area contributed by atoms with E-state index in [9.17, 15) is 11.0 Å². The highest BCUT2D eigenvalue weighted by molar-refractivity contribution is 6.25. The van der Waals surface area contributed by atoms with Crippen LogP contribution in [-0.4, -0.2) is 0 Å². The summed E-state index contributed by atoms with van der Waals surface area (Å²) in [7, 11) is 0. The summed E-state index contributed by atoms with van der Waals surface area (Å²) in [6, 6.07) is 22.9. The lowest BCUT2D eigenvalue weighted by molar-refractivity contribution is 0.794. The fourth-order valence-electron chi connectivity index (χ4n) is 8.20. The third kappa shape index (κ3) is 3.48. The lowest BCUT2D eigenvalue weighted by atomic mass is 9.70. The fourth-order valence-corrected chi connectivity index (χ4v) is 8.20. The second-order valence-corrected chi connectivity index (χ2v) is 12.5. The van der Waals surface area contributed by atoms with Crippen LogP contribution in [0.5, 0.6) is 0 Å². The third-order valence-corrected chi connectivity index (χ3v) is 10.2. The summed E-state index contributed by atoms with van der Waals surface area (Å²) in [6.07, 6.45) is 0. The van der Waals surface area contributed by atoms with Crippen LogP contribution < -0.4 is 0 Å². The van der Waals surface area contributed by atoms with Gasteiger partial charge in [0.05, 0.1) is 24.6 Å². The van der Waals surface area contributed by atoms with Gasteiger partial charge in [0.15, 0.2) is 0 Å². The van der Waals surface area contributed by atoms with Crippen LogP contribution in [0.25, 0.3) is 76.8 Å². The molecule has 226 valence electrons. The highest BCUT2D eigenvalue weighted by Crippen LogP contribution is 2.63. The van der Waals surface area contributed by atoms with E-state index in [2.05, 4.69) is 30.3 Å². The Morgan fingerprint density at radius 3 is 1.49 bits per heavy atom. The molecule has 11 rings (SSSR count). The quantitative estimate of drug-likeness (QED) is 0.166. The van der Waals surface area contributed by atoms with Crippen molar-refractivity contribution in [1.29, 1.82) is 0 Å². The third-order valence-electron chi connectivity index (χ3n) is 10.2. The van der Waals surface area contributed by atoms with Gasteiger partial charge in [-0.1, -0.05) is 170 Å². The highest BCUT2D eigenvalue weighted by Gasteiger charge is 2.51. The molecular weight excluding hydrogens is 589 g/mol. The molecule has 1 atom stereocenters. The van der Waals surface area contributed by atoms with Crippen LogP contribution in [-0.2, 0) is 5.41 Å². The van der Waals surface area contributed by atoms with Gasteiger partial charge in [0, 0.05) is 0 Å². The van der Waals surface area contributed by atoms with Crippen molar-refractivity contribution < 1.29 is 19.2 Å². The Labute approximate surface area is 305 Å². The fraction of sp³-hybridized carbons (Fsp3) is 0.0204. The predicted molar refractivity (Wildman–Crippen MR) is 206 cm³/mol. The molecule has 0 saturated heterocycles. The number of hydrogen-bond donors (Lipinski definition) is 0. The molecule has 2 aliphatic rings. The highest BCUT2D eigenvalue weighted by atomic mass is 14.5. The van der Waals surface area contributed by atoms with Crippen molar-refractivity contribution in [1.82, 2.24) is 0 Å². The van der Waals surface area contributed by atoms with Crippen molar-refractivity contribution in [2.45, 2.75) is 5.41 Å². The van der Waals surface area contributed by atoms with E-state index < -0.39 is 90.0 Å². The molecule has 0 heterocycles. The van der Waals surface area contributed by atoms with Crippen LogP contribution in [0.1, 0.15) is 41.4 Å². The smallest absolute Gasteiger partial charge is 0.0619 e. The minimum Gasteiger partial charge on any atom is -0.0619 e. The molecule has 0 aliphatic heterocycles. The molecule has 49 heavy (non-hydrogen) atoms. The first-order valence-corrected chi connectivity index (χ1v) is 16.0. The molecule has 9 aromatic carbocycles. The standard InChI is InChI=1S/C49H30/c1-2-14-34(33(13-1)31-25-27-39-37-17-4-3-15-35(37)36-16-5-6-18-38(36)44(39)29-31)32-26-28-43-42-21-9-12-24-47(42)49(48(43)30-32)45-22-10-7-19-40(45)41-20-8-11-23-46(41)49/h1-30H/i7D,8D,9D,10D,11D,12D,19D,21D,22D,23D,24D,26D,28D,30D. The van der Waals surface area contributed by atoms with E-state index in [4.69, 9.17) is 8.22 Å². The second-order valence-electron chi connectivity index (χ2n) is 12.5. The summed E-state index contributed by atoms with van der Waals surface area (Å²) in [5.41, 5.74) is -1.98. The maximum absolute atomic E-state index is 10.3. The van der Waals surface area contributed by atoms with Gasteiger partial charge in [-0.3, -0.25) is 0 Å². The zero-order valence-electron chi connectivity index (χ0n) is 39.7. The van der Waals surface area contributed by atoms with E-state index >= 15 is 0 Å². The number of fused-ring (bicyclic) bond motifs is 16. The molecule has 2 aliphatic carbocycles. The lowest BCUT2D eigenvalue weighted by Gasteiger charge is -2.30. The van der Waals surface area contributed by atoms with Crippen LogP contribution in [0.15, 0.2) is 182 Å². The van der Waals surface area contributed by atoms with Gasteiger partial charge in [-0.25, -0.2) is 0 Å². The Kier molecular flexibility index (Phi) is 3.38. The molecule has 1 spiro atoms. The Morgan fingerprint density at radius 1 is 0.327 bits per heavy atom. The van der Waals surface area contributed by atoms with Crippen molar-refractivity contribution in [2.24, 2.45) is 0 Å². The van der Waals surface area contributed by atoms with Crippen molar-refractivity contribution in [2.75, 3.05) is 0 Å². The van der Waals surface area contributed by atoms with Gasteiger partial charge in [0.25, 0.3) is 0 Å². The van der Waals surface area contributed by atoms with Crippen LogP contribution in [0.4, 0.5) is 0 Å². The first-order valence-electron chi connectivity index (χ1n) is 23.0. The number of benzene rings is 9. The number of rotatable bonds is 2. The zero-order chi connectivity index (χ0) is 44.3. The minimum absolute atomic E-state index is 0.0204. The van der Waals surface area contributed by atoms with Gasteiger partial charge in [0.2, 0.25) is 0 Å². The Hall–Kier alpha value is -6.24. The van der Waals surface area contributed by atoms with Crippen LogP contribution in [0.3, 0.4) is 0 Å². The summed E-state index contributed by atoms with van der Waals surface area (Å²) in [5, 5.41) is 6.27. The van der Waals surface area contributed by atoms with E-state index in [1.807, 2.05) is 48.5 Å². The monoisotopic (exact) mass is 632 g/mol. The van der Waals surface area contributed by atoms with E-state index in [1.54, 1.807) is 12.1 Å². The molecule has 0 aromatic heterocycles. The topological polar surface area (TPSA) is 0 Å². The lowest BCUT2D eigenvalue weighted by Crippen LogP contribution is -2.25. The molecule has 0 fully saturated rings. The Bertz CT molecular complexity index is 3600. The van der Waals surface area contributed by atoms with Gasteiger partial charge < -0.3 is 0 Å². The van der Waals surface area contributed by atoms with Gasteiger partial charge in [-0.15, -0.1) is 0 Å². The molecule has 0 saturated carbocycles. The maximum atomic E-state index is 10.3. The molecule has 9 aromatic rings. The van der Waals surface area contributed by atoms with E-state index in [-0.39, 0.29) is 50.1 Å². The summed E-state index contributed by atoms with van der Waals surface area (Å²) in [6.45, 7) is 0.